The lowest BCUT2D eigenvalue weighted by molar-refractivity contribution is 0.332. The Hall–Kier alpha value is -0.310. The second-order valence-corrected chi connectivity index (χ2v) is 4.86. The Labute approximate surface area is 112 Å². The molecule has 0 saturated carbocycles. The molecule has 1 aromatic rings. The van der Waals surface area contributed by atoms with Crippen molar-refractivity contribution in [1.29, 1.82) is 0 Å². The first-order valence-corrected chi connectivity index (χ1v) is 6.73. The summed E-state index contributed by atoms with van der Waals surface area (Å²) in [5, 5.41) is 3.50. The van der Waals surface area contributed by atoms with Crippen molar-refractivity contribution < 1.29 is 4.39 Å². The first kappa shape index (κ1) is 14.7. The van der Waals surface area contributed by atoms with E-state index in [2.05, 4.69) is 19.2 Å². The Morgan fingerprint density at radius 1 is 1.29 bits per heavy atom. The molecule has 1 nitrogen and oxygen atoms in total. The van der Waals surface area contributed by atoms with Gasteiger partial charge in [-0.1, -0.05) is 37.6 Å². The van der Waals surface area contributed by atoms with E-state index < -0.39 is 0 Å². The van der Waals surface area contributed by atoms with E-state index in [9.17, 15) is 4.39 Å². The summed E-state index contributed by atoms with van der Waals surface area (Å²) in [5.41, 5.74) is 0.449. The number of benzene rings is 1. The molecule has 0 heterocycles. The quantitative estimate of drug-likeness (QED) is 0.762. The van der Waals surface area contributed by atoms with Gasteiger partial charge in [0.1, 0.15) is 5.82 Å². The van der Waals surface area contributed by atoms with Crippen LogP contribution in [-0.2, 0) is 6.54 Å². The predicted molar refractivity (Wildman–Crippen MR) is 72.3 cm³/mol. The zero-order valence-corrected chi connectivity index (χ0v) is 11.7. The third-order valence-corrected chi connectivity index (χ3v) is 4.10. The molecule has 0 atom stereocenters. The van der Waals surface area contributed by atoms with E-state index in [1.54, 1.807) is 18.2 Å². The van der Waals surface area contributed by atoms with Gasteiger partial charge in [-0.15, -0.1) is 11.6 Å². The maximum Gasteiger partial charge on any atom is 0.146 e. The number of hydrogen-bond donors (Lipinski definition) is 1. The van der Waals surface area contributed by atoms with Gasteiger partial charge < -0.3 is 5.32 Å². The molecule has 0 saturated heterocycles. The van der Waals surface area contributed by atoms with E-state index in [1.165, 1.54) is 0 Å². The van der Waals surface area contributed by atoms with Crippen LogP contribution in [0.3, 0.4) is 0 Å². The summed E-state index contributed by atoms with van der Waals surface area (Å²) in [6.07, 6.45) is 1.82. The van der Waals surface area contributed by atoms with Crippen molar-refractivity contribution in [3.05, 3.63) is 34.6 Å². The third-order valence-electron chi connectivity index (χ3n) is 3.29. The lowest BCUT2D eigenvalue weighted by Crippen LogP contribution is -2.45. The van der Waals surface area contributed by atoms with Gasteiger partial charge in [0.2, 0.25) is 0 Å². The maximum atomic E-state index is 13.7. The van der Waals surface area contributed by atoms with Crippen LogP contribution in [0, 0.1) is 5.82 Å². The number of rotatable bonds is 6. The van der Waals surface area contributed by atoms with Gasteiger partial charge in [0.05, 0.1) is 5.02 Å². The van der Waals surface area contributed by atoms with Gasteiger partial charge in [0.25, 0.3) is 0 Å². The average molecular weight is 278 g/mol. The minimum atomic E-state index is -0.350. The predicted octanol–water partition coefficient (Wildman–Crippen LogP) is 4.37. The number of alkyl halides is 1. The topological polar surface area (TPSA) is 12.0 Å². The Morgan fingerprint density at radius 2 is 1.94 bits per heavy atom. The van der Waals surface area contributed by atoms with Gasteiger partial charge >= 0.3 is 0 Å². The summed E-state index contributed by atoms with van der Waals surface area (Å²) in [6, 6.07) is 5.04. The van der Waals surface area contributed by atoms with Crippen LogP contribution in [-0.4, -0.2) is 11.4 Å². The second-order valence-electron chi connectivity index (χ2n) is 4.19. The Kier molecular flexibility index (Phi) is 5.71. The molecule has 0 aliphatic rings. The molecule has 17 heavy (non-hydrogen) atoms. The lowest BCUT2D eigenvalue weighted by atomic mass is 9.95. The van der Waals surface area contributed by atoms with Crippen LogP contribution in [0.5, 0.6) is 0 Å². The smallest absolute Gasteiger partial charge is 0.146 e. The maximum absolute atomic E-state index is 13.7. The Balaban J connectivity index is 2.75. The molecular weight excluding hydrogens is 260 g/mol. The summed E-state index contributed by atoms with van der Waals surface area (Å²) < 4.78 is 13.7. The van der Waals surface area contributed by atoms with Crippen molar-refractivity contribution >= 4 is 23.2 Å². The summed E-state index contributed by atoms with van der Waals surface area (Å²) in [4.78, 5) is 0. The first-order chi connectivity index (χ1) is 8.08. The van der Waals surface area contributed by atoms with E-state index in [1.807, 2.05) is 0 Å². The van der Waals surface area contributed by atoms with Crippen molar-refractivity contribution in [2.24, 2.45) is 0 Å². The van der Waals surface area contributed by atoms with Gasteiger partial charge in [-0.2, -0.15) is 0 Å². The minimum absolute atomic E-state index is 0.129. The van der Waals surface area contributed by atoms with Gasteiger partial charge in [-0.05, 0) is 18.9 Å². The van der Waals surface area contributed by atoms with Crippen LogP contribution in [0.2, 0.25) is 5.02 Å². The fourth-order valence-electron chi connectivity index (χ4n) is 1.70. The van der Waals surface area contributed by atoms with E-state index in [4.69, 9.17) is 23.2 Å². The van der Waals surface area contributed by atoms with Crippen LogP contribution in [0.1, 0.15) is 32.3 Å². The minimum Gasteiger partial charge on any atom is -0.306 e. The van der Waals surface area contributed by atoms with Crippen molar-refractivity contribution in [2.75, 3.05) is 5.88 Å². The SMILES string of the molecule is CCC(CC)(CCl)NCc1cccc(Cl)c1F. The van der Waals surface area contributed by atoms with E-state index >= 15 is 0 Å². The zero-order valence-electron chi connectivity index (χ0n) is 10.2. The Morgan fingerprint density at radius 3 is 2.47 bits per heavy atom. The van der Waals surface area contributed by atoms with Gasteiger partial charge in [0, 0.05) is 23.5 Å². The fraction of sp³-hybridized carbons (Fsp3) is 0.538. The first-order valence-electron chi connectivity index (χ1n) is 5.82. The summed E-state index contributed by atoms with van der Waals surface area (Å²) in [7, 11) is 0. The number of halogens is 3. The highest BCUT2D eigenvalue weighted by atomic mass is 35.5. The van der Waals surface area contributed by atoms with Gasteiger partial charge in [-0.25, -0.2) is 4.39 Å². The molecule has 0 aromatic heterocycles. The van der Waals surface area contributed by atoms with Crippen molar-refractivity contribution in [2.45, 2.75) is 38.8 Å². The normalized spacial score (nSPS) is 11.8. The second kappa shape index (κ2) is 6.58. The average Bonchev–Trinajstić information content (AvgIpc) is 2.36. The molecule has 0 spiro atoms. The highest BCUT2D eigenvalue weighted by molar-refractivity contribution is 6.30. The van der Waals surface area contributed by atoms with Crippen LogP contribution in [0.15, 0.2) is 18.2 Å². The molecule has 1 N–H and O–H groups in total. The molecule has 0 amide bonds. The Bertz CT molecular complexity index is 356. The monoisotopic (exact) mass is 277 g/mol. The third kappa shape index (κ3) is 3.57. The van der Waals surface area contributed by atoms with Gasteiger partial charge in [-0.3, -0.25) is 0 Å². The molecule has 1 aromatic carbocycles. The molecule has 0 fully saturated rings. The fourth-order valence-corrected chi connectivity index (χ4v) is 2.37. The van der Waals surface area contributed by atoms with E-state index in [-0.39, 0.29) is 16.4 Å². The molecule has 0 bridgehead atoms. The van der Waals surface area contributed by atoms with Crippen molar-refractivity contribution in [1.82, 2.24) is 5.32 Å². The largest absolute Gasteiger partial charge is 0.306 e. The summed E-state index contributed by atoms with van der Waals surface area (Å²) in [6.45, 7) is 4.60. The summed E-state index contributed by atoms with van der Waals surface area (Å²) >= 11 is 11.7. The number of hydrogen-bond acceptors (Lipinski definition) is 1. The molecule has 0 aliphatic heterocycles. The van der Waals surface area contributed by atoms with Crippen LogP contribution < -0.4 is 5.32 Å². The summed E-state index contributed by atoms with van der Waals surface area (Å²) in [5.74, 6) is 0.166. The highest BCUT2D eigenvalue weighted by Crippen LogP contribution is 2.21. The van der Waals surface area contributed by atoms with Crippen molar-refractivity contribution in [3.8, 4) is 0 Å². The van der Waals surface area contributed by atoms with Crippen LogP contribution >= 0.6 is 23.2 Å². The molecule has 1 rings (SSSR count). The van der Waals surface area contributed by atoms with Crippen LogP contribution in [0.4, 0.5) is 4.39 Å². The van der Waals surface area contributed by atoms with E-state index in [0.29, 0.717) is 18.0 Å². The van der Waals surface area contributed by atoms with E-state index in [0.717, 1.165) is 12.8 Å². The highest BCUT2D eigenvalue weighted by Gasteiger charge is 2.24. The molecule has 0 radical (unpaired) electrons. The molecule has 4 heteroatoms. The number of nitrogens with one attached hydrogen (secondary N) is 1. The zero-order chi connectivity index (χ0) is 12.9. The standard InChI is InChI=1S/C13H18Cl2FN/c1-3-13(4-2,9-14)17-8-10-6-5-7-11(15)12(10)16/h5-7,17H,3-4,8-9H2,1-2H3. The van der Waals surface area contributed by atoms with Crippen LogP contribution in [0.25, 0.3) is 0 Å². The lowest BCUT2D eigenvalue weighted by Gasteiger charge is -2.31. The molecule has 0 unspecified atom stereocenters. The molecule has 0 aliphatic carbocycles. The van der Waals surface area contributed by atoms with Gasteiger partial charge in [0.15, 0.2) is 0 Å². The molecular formula is C13H18Cl2FN. The van der Waals surface area contributed by atoms with Crippen molar-refractivity contribution in [3.63, 3.8) is 0 Å². The molecule has 96 valence electrons.